The SMILES string of the molecule is CCOc1cc2c(cc1[C@H](N)CC(=O)OC)OC(C)C2. The van der Waals surface area contributed by atoms with Gasteiger partial charge in [0.15, 0.2) is 0 Å². The fraction of sp³-hybridized carbons (Fsp3) is 0.533. The van der Waals surface area contributed by atoms with Crippen molar-refractivity contribution in [3.8, 4) is 11.5 Å². The Morgan fingerprint density at radius 3 is 2.95 bits per heavy atom. The van der Waals surface area contributed by atoms with Gasteiger partial charge in [-0.25, -0.2) is 0 Å². The number of nitrogens with two attached hydrogens (primary N) is 1. The summed E-state index contributed by atoms with van der Waals surface area (Å²) in [6.45, 7) is 4.49. The van der Waals surface area contributed by atoms with Crippen molar-refractivity contribution in [2.24, 2.45) is 5.73 Å². The molecule has 0 amide bonds. The van der Waals surface area contributed by atoms with Gasteiger partial charge in [-0.05, 0) is 26.0 Å². The second-order valence-corrected chi connectivity index (χ2v) is 4.95. The summed E-state index contributed by atoms with van der Waals surface area (Å²) < 4.78 is 16.0. The highest BCUT2D eigenvalue weighted by atomic mass is 16.5. The van der Waals surface area contributed by atoms with Crippen molar-refractivity contribution in [1.29, 1.82) is 0 Å². The molecule has 1 aliphatic rings. The van der Waals surface area contributed by atoms with Crippen LogP contribution in [0.15, 0.2) is 12.1 Å². The van der Waals surface area contributed by atoms with Crippen LogP contribution in [0.2, 0.25) is 0 Å². The van der Waals surface area contributed by atoms with Gasteiger partial charge < -0.3 is 19.9 Å². The number of rotatable bonds is 5. The van der Waals surface area contributed by atoms with Gasteiger partial charge >= 0.3 is 5.97 Å². The van der Waals surface area contributed by atoms with Crippen LogP contribution in [0.3, 0.4) is 0 Å². The molecule has 0 fully saturated rings. The molecule has 5 nitrogen and oxygen atoms in total. The van der Waals surface area contributed by atoms with Crippen LogP contribution in [-0.4, -0.2) is 25.8 Å². The van der Waals surface area contributed by atoms with Crippen molar-refractivity contribution in [1.82, 2.24) is 0 Å². The van der Waals surface area contributed by atoms with Crippen molar-refractivity contribution in [3.05, 3.63) is 23.3 Å². The highest BCUT2D eigenvalue weighted by Crippen LogP contribution is 2.37. The van der Waals surface area contributed by atoms with E-state index in [-0.39, 0.29) is 18.5 Å². The Balaban J connectivity index is 2.30. The maximum atomic E-state index is 11.4. The van der Waals surface area contributed by atoms with E-state index in [0.717, 1.165) is 29.0 Å². The zero-order chi connectivity index (χ0) is 14.7. The third-order valence-corrected chi connectivity index (χ3v) is 3.34. The summed E-state index contributed by atoms with van der Waals surface area (Å²) in [4.78, 5) is 11.4. The van der Waals surface area contributed by atoms with Crippen molar-refractivity contribution in [2.75, 3.05) is 13.7 Å². The van der Waals surface area contributed by atoms with Crippen LogP contribution in [0.4, 0.5) is 0 Å². The average Bonchev–Trinajstić information content (AvgIpc) is 2.77. The van der Waals surface area contributed by atoms with Crippen molar-refractivity contribution in [3.63, 3.8) is 0 Å². The molecule has 0 bridgehead atoms. The monoisotopic (exact) mass is 279 g/mol. The molecule has 1 aromatic carbocycles. The van der Waals surface area contributed by atoms with E-state index in [0.29, 0.717) is 6.61 Å². The molecular formula is C15H21NO4. The molecule has 0 saturated carbocycles. The smallest absolute Gasteiger partial charge is 0.307 e. The fourth-order valence-corrected chi connectivity index (χ4v) is 2.40. The summed E-state index contributed by atoms with van der Waals surface area (Å²) >= 11 is 0. The van der Waals surface area contributed by atoms with Gasteiger partial charge in [-0.15, -0.1) is 0 Å². The quantitative estimate of drug-likeness (QED) is 0.834. The lowest BCUT2D eigenvalue weighted by Gasteiger charge is -2.17. The molecular weight excluding hydrogens is 258 g/mol. The average molecular weight is 279 g/mol. The molecule has 1 unspecified atom stereocenters. The normalized spacial score (nSPS) is 18.1. The van der Waals surface area contributed by atoms with Crippen molar-refractivity contribution in [2.45, 2.75) is 38.8 Å². The van der Waals surface area contributed by atoms with E-state index in [9.17, 15) is 4.79 Å². The number of carbonyl (C=O) groups excluding carboxylic acids is 1. The number of benzene rings is 1. The zero-order valence-electron chi connectivity index (χ0n) is 12.1. The first-order valence-electron chi connectivity index (χ1n) is 6.83. The Labute approximate surface area is 119 Å². The first-order valence-corrected chi connectivity index (χ1v) is 6.83. The number of fused-ring (bicyclic) bond motifs is 1. The number of methoxy groups -OCH3 is 1. The maximum Gasteiger partial charge on any atom is 0.307 e. The maximum absolute atomic E-state index is 11.4. The standard InChI is InChI=1S/C15H21NO4/c1-4-19-14-6-10-5-9(2)20-13(10)7-11(14)12(16)8-15(17)18-3/h6-7,9,12H,4-5,8,16H2,1-3H3/t9?,12-/m1/s1. The van der Waals surface area contributed by atoms with Gasteiger partial charge in [0.1, 0.15) is 17.6 Å². The molecule has 2 rings (SSSR count). The largest absolute Gasteiger partial charge is 0.494 e. The first kappa shape index (κ1) is 14.7. The summed E-state index contributed by atoms with van der Waals surface area (Å²) in [5, 5.41) is 0. The zero-order valence-corrected chi connectivity index (χ0v) is 12.1. The minimum atomic E-state index is -0.464. The number of ether oxygens (including phenoxy) is 3. The van der Waals surface area contributed by atoms with Crippen LogP contribution in [0.25, 0.3) is 0 Å². The Morgan fingerprint density at radius 2 is 2.30 bits per heavy atom. The van der Waals surface area contributed by atoms with Crippen molar-refractivity contribution >= 4 is 5.97 Å². The molecule has 0 aromatic heterocycles. The minimum absolute atomic E-state index is 0.116. The van der Waals surface area contributed by atoms with E-state index in [2.05, 4.69) is 4.74 Å². The molecule has 1 heterocycles. The van der Waals surface area contributed by atoms with Crippen LogP contribution in [0.5, 0.6) is 11.5 Å². The van der Waals surface area contributed by atoms with E-state index < -0.39 is 6.04 Å². The Kier molecular flexibility index (Phi) is 4.49. The van der Waals surface area contributed by atoms with E-state index in [1.807, 2.05) is 26.0 Å². The van der Waals surface area contributed by atoms with Gasteiger partial charge in [0.05, 0.1) is 20.1 Å². The molecule has 0 saturated heterocycles. The Morgan fingerprint density at radius 1 is 1.55 bits per heavy atom. The summed E-state index contributed by atoms with van der Waals surface area (Å²) in [6, 6.07) is 3.39. The van der Waals surface area contributed by atoms with Crippen LogP contribution in [0, 0.1) is 0 Å². The third-order valence-electron chi connectivity index (χ3n) is 3.34. The van der Waals surface area contributed by atoms with Crippen molar-refractivity contribution < 1.29 is 19.0 Å². The van der Waals surface area contributed by atoms with E-state index in [4.69, 9.17) is 15.2 Å². The number of esters is 1. The van der Waals surface area contributed by atoms with Crippen LogP contribution in [-0.2, 0) is 16.0 Å². The molecule has 0 radical (unpaired) electrons. The molecule has 5 heteroatoms. The van der Waals surface area contributed by atoms with Gasteiger partial charge in [-0.1, -0.05) is 0 Å². The van der Waals surface area contributed by atoms with Gasteiger partial charge in [0.25, 0.3) is 0 Å². The lowest BCUT2D eigenvalue weighted by molar-refractivity contribution is -0.141. The molecule has 2 atom stereocenters. The molecule has 1 aliphatic heterocycles. The lowest BCUT2D eigenvalue weighted by Crippen LogP contribution is -2.17. The highest BCUT2D eigenvalue weighted by Gasteiger charge is 2.24. The van der Waals surface area contributed by atoms with Gasteiger partial charge in [0, 0.05) is 23.6 Å². The summed E-state index contributed by atoms with van der Waals surface area (Å²) in [7, 11) is 1.35. The predicted octanol–water partition coefficient (Wildman–Crippen LogP) is 1.97. The highest BCUT2D eigenvalue weighted by molar-refractivity contribution is 5.70. The second kappa shape index (κ2) is 6.13. The Bertz CT molecular complexity index is 501. The van der Waals surface area contributed by atoms with Crippen LogP contribution >= 0.6 is 0 Å². The first-order chi connectivity index (χ1) is 9.55. The Hall–Kier alpha value is -1.75. The van der Waals surface area contributed by atoms with Gasteiger partial charge in [-0.3, -0.25) is 4.79 Å². The van der Waals surface area contributed by atoms with Gasteiger partial charge in [-0.2, -0.15) is 0 Å². The van der Waals surface area contributed by atoms with Gasteiger partial charge in [0.2, 0.25) is 0 Å². The third kappa shape index (κ3) is 3.04. The summed E-state index contributed by atoms with van der Waals surface area (Å²) in [6.07, 6.45) is 1.14. The molecule has 1 aromatic rings. The molecule has 20 heavy (non-hydrogen) atoms. The molecule has 2 N–H and O–H groups in total. The van der Waals surface area contributed by atoms with E-state index >= 15 is 0 Å². The number of hydrogen-bond donors (Lipinski definition) is 1. The van der Waals surface area contributed by atoms with Crippen LogP contribution in [0.1, 0.15) is 37.4 Å². The second-order valence-electron chi connectivity index (χ2n) is 4.95. The molecule has 110 valence electrons. The van der Waals surface area contributed by atoms with E-state index in [1.54, 1.807) is 0 Å². The lowest BCUT2D eigenvalue weighted by atomic mass is 10.00. The summed E-state index contributed by atoms with van der Waals surface area (Å²) in [5.74, 6) is 1.21. The van der Waals surface area contributed by atoms with E-state index in [1.165, 1.54) is 7.11 Å². The fourth-order valence-electron chi connectivity index (χ4n) is 2.40. The summed E-state index contributed by atoms with van der Waals surface area (Å²) in [5.41, 5.74) is 8.00. The number of carbonyl (C=O) groups is 1. The van der Waals surface area contributed by atoms with Crippen LogP contribution < -0.4 is 15.2 Å². The molecule has 0 spiro atoms. The number of hydrogen-bond acceptors (Lipinski definition) is 5. The predicted molar refractivity (Wildman–Crippen MR) is 75.0 cm³/mol. The minimum Gasteiger partial charge on any atom is -0.494 e. The molecule has 0 aliphatic carbocycles. The topological polar surface area (TPSA) is 70.8 Å².